The molecule has 0 radical (unpaired) electrons. The molecule has 2 rings (SSSR count). The van der Waals surface area contributed by atoms with Crippen molar-refractivity contribution in [3.05, 3.63) is 48.0 Å². The molecule has 0 unspecified atom stereocenters. The Morgan fingerprint density at radius 1 is 0.885 bits per heavy atom. The van der Waals surface area contributed by atoms with Crippen molar-refractivity contribution in [2.24, 2.45) is 5.41 Å². The highest BCUT2D eigenvalue weighted by molar-refractivity contribution is 5.51. The van der Waals surface area contributed by atoms with Crippen LogP contribution in [0.25, 0.3) is 0 Å². The minimum atomic E-state index is -0.859. The standard InChI is InChI=1S/C21H27F2NO2/c1-20(2,3)21(4,5)24(6)14-8-10-15(11-9-14)26-17-13-12-16(22)19(25-7)18(17)23/h8-13H,1-7H3. The van der Waals surface area contributed by atoms with E-state index in [4.69, 9.17) is 9.47 Å². The van der Waals surface area contributed by atoms with Crippen molar-refractivity contribution in [2.75, 3.05) is 19.1 Å². The lowest BCUT2D eigenvalue weighted by Crippen LogP contribution is -2.51. The summed E-state index contributed by atoms with van der Waals surface area (Å²) in [4.78, 5) is 2.21. The van der Waals surface area contributed by atoms with E-state index in [1.54, 1.807) is 12.1 Å². The zero-order valence-corrected chi connectivity index (χ0v) is 16.5. The largest absolute Gasteiger partial charge is 0.491 e. The molecule has 0 aliphatic rings. The highest BCUT2D eigenvalue weighted by Crippen LogP contribution is 2.38. The Morgan fingerprint density at radius 2 is 1.46 bits per heavy atom. The summed E-state index contributed by atoms with van der Waals surface area (Å²) in [6, 6.07) is 9.73. The van der Waals surface area contributed by atoms with Gasteiger partial charge in [-0.1, -0.05) is 20.8 Å². The fraction of sp³-hybridized carbons (Fsp3) is 0.429. The predicted octanol–water partition coefficient (Wildman–Crippen LogP) is 6.03. The van der Waals surface area contributed by atoms with Gasteiger partial charge in [-0.15, -0.1) is 0 Å². The van der Waals surface area contributed by atoms with Gasteiger partial charge >= 0.3 is 0 Å². The summed E-state index contributed by atoms with van der Waals surface area (Å²) in [5.41, 5.74) is 1.02. The minimum absolute atomic E-state index is 0.0741. The van der Waals surface area contributed by atoms with E-state index < -0.39 is 17.4 Å². The maximum absolute atomic E-state index is 14.2. The first kappa shape index (κ1) is 20.0. The monoisotopic (exact) mass is 363 g/mol. The SMILES string of the molecule is COc1c(F)ccc(Oc2ccc(N(C)C(C)(C)C(C)(C)C)cc2)c1F. The molecule has 26 heavy (non-hydrogen) atoms. The maximum Gasteiger partial charge on any atom is 0.210 e. The van der Waals surface area contributed by atoms with Crippen LogP contribution in [-0.2, 0) is 0 Å². The van der Waals surface area contributed by atoms with E-state index in [1.807, 2.05) is 19.2 Å². The predicted molar refractivity (Wildman–Crippen MR) is 101 cm³/mol. The lowest BCUT2D eigenvalue weighted by Gasteiger charge is -2.47. The Kier molecular flexibility index (Phi) is 5.49. The second kappa shape index (κ2) is 7.14. The van der Waals surface area contributed by atoms with Crippen LogP contribution in [-0.4, -0.2) is 19.7 Å². The Hall–Kier alpha value is -2.30. The fourth-order valence-electron chi connectivity index (χ4n) is 2.47. The van der Waals surface area contributed by atoms with E-state index >= 15 is 0 Å². The van der Waals surface area contributed by atoms with Crippen molar-refractivity contribution in [1.29, 1.82) is 0 Å². The average Bonchev–Trinajstić information content (AvgIpc) is 2.57. The average molecular weight is 363 g/mol. The maximum atomic E-state index is 14.2. The molecule has 3 nitrogen and oxygen atoms in total. The quantitative estimate of drug-likeness (QED) is 0.648. The Balaban J connectivity index is 2.24. The molecule has 0 bridgehead atoms. The number of nitrogens with zero attached hydrogens (tertiary/aromatic N) is 1. The number of rotatable bonds is 5. The van der Waals surface area contributed by atoms with Gasteiger partial charge in [0.2, 0.25) is 5.82 Å². The molecule has 0 spiro atoms. The molecule has 0 aliphatic carbocycles. The molecule has 0 saturated heterocycles. The fourth-order valence-corrected chi connectivity index (χ4v) is 2.47. The van der Waals surface area contributed by atoms with Gasteiger partial charge in [-0.2, -0.15) is 4.39 Å². The van der Waals surface area contributed by atoms with Crippen LogP contribution < -0.4 is 14.4 Å². The van der Waals surface area contributed by atoms with Crippen molar-refractivity contribution in [3.63, 3.8) is 0 Å². The van der Waals surface area contributed by atoms with Gasteiger partial charge in [-0.05, 0) is 55.7 Å². The van der Waals surface area contributed by atoms with E-state index in [0.717, 1.165) is 11.8 Å². The Bertz CT molecular complexity index is 765. The van der Waals surface area contributed by atoms with Gasteiger partial charge in [0.25, 0.3) is 0 Å². The normalized spacial score (nSPS) is 12.0. The zero-order valence-electron chi connectivity index (χ0n) is 16.5. The molecule has 5 heteroatoms. The van der Waals surface area contributed by atoms with Gasteiger partial charge in [0, 0.05) is 18.3 Å². The van der Waals surface area contributed by atoms with Crippen LogP contribution in [0.3, 0.4) is 0 Å². The Morgan fingerprint density at radius 3 is 1.96 bits per heavy atom. The van der Waals surface area contributed by atoms with Gasteiger partial charge < -0.3 is 14.4 Å². The molecule has 2 aromatic rings. The summed E-state index contributed by atoms with van der Waals surface area (Å²) in [6.45, 7) is 11.0. The van der Waals surface area contributed by atoms with Crippen LogP contribution in [0.5, 0.6) is 17.2 Å². The molecular weight excluding hydrogens is 336 g/mol. The summed E-state index contributed by atoms with van der Waals surface area (Å²) in [6.07, 6.45) is 0. The molecule has 0 fully saturated rings. The van der Waals surface area contributed by atoms with Crippen LogP contribution in [0.4, 0.5) is 14.5 Å². The van der Waals surface area contributed by atoms with Crippen LogP contribution in [0, 0.1) is 17.0 Å². The molecule has 0 N–H and O–H groups in total. The summed E-state index contributed by atoms with van der Waals surface area (Å²) in [7, 11) is 3.26. The van der Waals surface area contributed by atoms with E-state index in [9.17, 15) is 8.78 Å². The number of ether oxygens (including phenoxy) is 2. The van der Waals surface area contributed by atoms with Crippen molar-refractivity contribution < 1.29 is 18.3 Å². The van der Waals surface area contributed by atoms with Crippen molar-refractivity contribution in [1.82, 2.24) is 0 Å². The number of hydrogen-bond acceptors (Lipinski definition) is 3. The van der Waals surface area contributed by atoms with E-state index in [0.29, 0.717) is 5.75 Å². The molecular formula is C21H27F2NO2. The first-order chi connectivity index (χ1) is 12.0. The molecule has 2 aromatic carbocycles. The summed E-state index contributed by atoms with van der Waals surface area (Å²) in [5.74, 6) is -1.70. The lowest BCUT2D eigenvalue weighted by molar-refractivity contribution is 0.221. The zero-order chi connectivity index (χ0) is 19.7. The molecule has 0 saturated carbocycles. The summed E-state index contributed by atoms with van der Waals surface area (Å²) < 4.78 is 38.0. The van der Waals surface area contributed by atoms with Gasteiger partial charge in [-0.3, -0.25) is 0 Å². The highest BCUT2D eigenvalue weighted by atomic mass is 19.1. The number of methoxy groups -OCH3 is 1. The third kappa shape index (κ3) is 3.76. The topological polar surface area (TPSA) is 21.7 Å². The second-order valence-electron chi connectivity index (χ2n) is 7.86. The van der Waals surface area contributed by atoms with Crippen molar-refractivity contribution >= 4 is 5.69 Å². The highest BCUT2D eigenvalue weighted by Gasteiger charge is 2.36. The minimum Gasteiger partial charge on any atom is -0.491 e. The molecule has 142 valence electrons. The lowest BCUT2D eigenvalue weighted by atomic mass is 9.75. The van der Waals surface area contributed by atoms with Crippen LogP contribution >= 0.6 is 0 Å². The van der Waals surface area contributed by atoms with Crippen molar-refractivity contribution in [2.45, 2.75) is 40.2 Å². The van der Waals surface area contributed by atoms with Gasteiger partial charge in [0.1, 0.15) is 5.75 Å². The third-order valence-corrected chi connectivity index (χ3v) is 5.34. The number of hydrogen-bond donors (Lipinski definition) is 0. The smallest absolute Gasteiger partial charge is 0.210 e. The van der Waals surface area contributed by atoms with Crippen molar-refractivity contribution in [3.8, 4) is 17.2 Å². The number of anilines is 1. The molecule has 0 aromatic heterocycles. The Labute approximate surface area is 154 Å². The van der Waals surface area contributed by atoms with E-state index in [-0.39, 0.29) is 16.7 Å². The molecule has 0 heterocycles. The first-order valence-electron chi connectivity index (χ1n) is 8.53. The van der Waals surface area contributed by atoms with Gasteiger partial charge in [-0.25, -0.2) is 4.39 Å². The molecule has 0 atom stereocenters. The van der Waals surface area contributed by atoms with Crippen LogP contribution in [0.2, 0.25) is 0 Å². The van der Waals surface area contributed by atoms with Crippen LogP contribution in [0.15, 0.2) is 36.4 Å². The second-order valence-corrected chi connectivity index (χ2v) is 7.86. The molecule has 0 amide bonds. The third-order valence-electron chi connectivity index (χ3n) is 5.34. The van der Waals surface area contributed by atoms with Crippen LogP contribution in [0.1, 0.15) is 34.6 Å². The van der Waals surface area contributed by atoms with E-state index in [1.165, 1.54) is 13.2 Å². The molecule has 0 aliphatic heterocycles. The first-order valence-corrected chi connectivity index (χ1v) is 8.53. The summed E-state index contributed by atoms with van der Waals surface area (Å²) in [5, 5.41) is 0. The van der Waals surface area contributed by atoms with Gasteiger partial charge in [0.15, 0.2) is 17.3 Å². The summed E-state index contributed by atoms with van der Waals surface area (Å²) >= 11 is 0. The van der Waals surface area contributed by atoms with E-state index in [2.05, 4.69) is 39.5 Å². The number of halogens is 2. The van der Waals surface area contributed by atoms with Gasteiger partial charge in [0.05, 0.1) is 7.11 Å². The number of benzene rings is 2.